The van der Waals surface area contributed by atoms with E-state index in [9.17, 15) is 0 Å². The first-order chi connectivity index (χ1) is 25.2. The molecule has 0 amide bonds. The molecule has 0 N–H and O–H groups in total. The van der Waals surface area contributed by atoms with E-state index in [0.29, 0.717) is 17.6 Å². The van der Waals surface area contributed by atoms with E-state index in [1.165, 1.54) is 28.5 Å². The Hall–Kier alpha value is -6.07. The standard InChI is InChI=1S/C46H35N3O2/c1-28-10-5-6-13-34(28)45-47-44(31-20-18-30(19-21-31)29-11-3-2-4-12-29)48-46(49-45)37-15-9-17-41-43(37)36-24-22-33(27-42(36)51-41)32-23-25-40-38(26-32)35-14-7-8-16-39(35)50-40/h2-4,8-9,11-13,15-28H,5-7,10,14H2,1H3. The van der Waals surface area contributed by atoms with Crippen molar-refractivity contribution < 1.29 is 8.83 Å². The topological polar surface area (TPSA) is 65.0 Å². The summed E-state index contributed by atoms with van der Waals surface area (Å²) < 4.78 is 12.7. The van der Waals surface area contributed by atoms with Crippen molar-refractivity contribution in [2.45, 2.75) is 39.0 Å². The third kappa shape index (κ3) is 5.20. The van der Waals surface area contributed by atoms with E-state index in [0.717, 1.165) is 92.6 Å². The minimum absolute atomic E-state index is 0.384. The predicted octanol–water partition coefficient (Wildman–Crippen LogP) is 12.3. The summed E-state index contributed by atoms with van der Waals surface area (Å²) in [7, 11) is 0. The van der Waals surface area contributed by atoms with Crippen LogP contribution in [0, 0.1) is 5.92 Å². The summed E-state index contributed by atoms with van der Waals surface area (Å²) in [5.74, 6) is 3.45. The van der Waals surface area contributed by atoms with Crippen molar-refractivity contribution in [2.24, 2.45) is 5.92 Å². The molecule has 0 aliphatic heterocycles. The van der Waals surface area contributed by atoms with Gasteiger partial charge in [-0.3, -0.25) is 0 Å². The Bertz CT molecular complexity index is 2680. The van der Waals surface area contributed by atoms with Gasteiger partial charge in [-0.25, -0.2) is 15.0 Å². The zero-order chi connectivity index (χ0) is 33.9. The maximum atomic E-state index is 6.56. The van der Waals surface area contributed by atoms with Crippen molar-refractivity contribution >= 4 is 44.6 Å². The first-order valence-electron chi connectivity index (χ1n) is 18.0. The number of hydrogen-bond acceptors (Lipinski definition) is 5. The first kappa shape index (κ1) is 29.8. The van der Waals surface area contributed by atoms with E-state index >= 15 is 0 Å². The Balaban J connectivity index is 1.09. The van der Waals surface area contributed by atoms with Crippen LogP contribution in [0.4, 0.5) is 0 Å². The second kappa shape index (κ2) is 12.1. The van der Waals surface area contributed by atoms with Gasteiger partial charge in [0.05, 0.1) is 0 Å². The summed E-state index contributed by atoms with van der Waals surface area (Å²) in [6, 6.07) is 38.1. The van der Waals surface area contributed by atoms with Crippen LogP contribution >= 0.6 is 0 Å². The fourth-order valence-corrected chi connectivity index (χ4v) is 7.90. The van der Waals surface area contributed by atoms with E-state index in [1.807, 2.05) is 18.2 Å². The molecule has 3 aromatic heterocycles. The number of rotatable bonds is 5. The van der Waals surface area contributed by atoms with Gasteiger partial charge in [0.25, 0.3) is 0 Å². The molecule has 10 rings (SSSR count). The summed E-state index contributed by atoms with van der Waals surface area (Å²) >= 11 is 0. The van der Waals surface area contributed by atoms with Gasteiger partial charge in [0.2, 0.25) is 0 Å². The molecule has 0 spiro atoms. The molecule has 2 aliphatic rings. The minimum Gasteiger partial charge on any atom is -0.456 e. The van der Waals surface area contributed by atoms with Crippen LogP contribution in [0.2, 0.25) is 0 Å². The van der Waals surface area contributed by atoms with Gasteiger partial charge in [-0.05, 0) is 102 Å². The van der Waals surface area contributed by atoms with Crippen LogP contribution in [0.3, 0.4) is 0 Å². The molecule has 51 heavy (non-hydrogen) atoms. The Morgan fingerprint density at radius 3 is 2.24 bits per heavy atom. The molecule has 1 unspecified atom stereocenters. The van der Waals surface area contributed by atoms with Crippen LogP contribution in [0.25, 0.3) is 89.6 Å². The van der Waals surface area contributed by atoms with Crippen LogP contribution < -0.4 is 0 Å². The molecule has 246 valence electrons. The molecule has 0 radical (unpaired) electrons. The van der Waals surface area contributed by atoms with Gasteiger partial charge in [-0.2, -0.15) is 0 Å². The quantitative estimate of drug-likeness (QED) is 0.184. The molecule has 3 heterocycles. The Morgan fingerprint density at radius 2 is 1.35 bits per heavy atom. The van der Waals surface area contributed by atoms with Crippen LogP contribution in [-0.2, 0) is 6.42 Å². The highest BCUT2D eigenvalue weighted by Crippen LogP contribution is 2.40. The minimum atomic E-state index is 0.384. The lowest BCUT2D eigenvalue weighted by molar-refractivity contribution is 0.595. The lowest BCUT2D eigenvalue weighted by Gasteiger charge is -2.20. The van der Waals surface area contributed by atoms with Crippen molar-refractivity contribution in [1.29, 1.82) is 0 Å². The highest BCUT2D eigenvalue weighted by Gasteiger charge is 2.22. The van der Waals surface area contributed by atoms with Crippen LogP contribution in [0.5, 0.6) is 0 Å². The van der Waals surface area contributed by atoms with E-state index in [4.69, 9.17) is 23.8 Å². The predicted molar refractivity (Wildman–Crippen MR) is 207 cm³/mol. The van der Waals surface area contributed by atoms with E-state index in [2.05, 4.69) is 116 Å². The molecule has 5 heteroatoms. The monoisotopic (exact) mass is 661 g/mol. The van der Waals surface area contributed by atoms with Gasteiger partial charge < -0.3 is 8.83 Å². The normalized spacial score (nSPS) is 15.8. The van der Waals surface area contributed by atoms with E-state index < -0.39 is 0 Å². The van der Waals surface area contributed by atoms with E-state index in [-0.39, 0.29) is 0 Å². The average Bonchev–Trinajstić information content (AvgIpc) is 3.76. The Labute approximate surface area is 296 Å². The van der Waals surface area contributed by atoms with Gasteiger partial charge in [-0.15, -0.1) is 0 Å². The molecular formula is C46H35N3O2. The molecule has 1 atom stereocenters. The third-order valence-corrected chi connectivity index (χ3v) is 10.6. The van der Waals surface area contributed by atoms with Gasteiger partial charge in [0, 0.05) is 32.8 Å². The molecule has 8 aromatic rings. The molecule has 5 aromatic carbocycles. The number of aromatic nitrogens is 3. The lowest BCUT2D eigenvalue weighted by atomic mass is 9.88. The SMILES string of the molecule is CC1CCCC=C1c1nc(-c2ccc(-c3ccccc3)cc2)nc(-c2cccc3oc4cc(-c5ccc6oc7c(c6c5)CCC=C7)ccc4c23)n1. The first-order valence-corrected chi connectivity index (χ1v) is 18.0. The molecule has 2 aliphatic carbocycles. The van der Waals surface area contributed by atoms with Crippen LogP contribution in [0.1, 0.15) is 49.8 Å². The number of aryl methyl sites for hydroxylation is 1. The van der Waals surface area contributed by atoms with Gasteiger partial charge in [0.15, 0.2) is 17.5 Å². The largest absolute Gasteiger partial charge is 0.456 e. The summed E-state index contributed by atoms with van der Waals surface area (Å²) in [5.41, 5.74) is 11.6. The summed E-state index contributed by atoms with van der Waals surface area (Å²) in [6.45, 7) is 2.28. The highest BCUT2D eigenvalue weighted by atomic mass is 16.3. The fourth-order valence-electron chi connectivity index (χ4n) is 7.90. The van der Waals surface area contributed by atoms with E-state index in [1.54, 1.807) is 0 Å². The second-order valence-electron chi connectivity index (χ2n) is 13.8. The maximum Gasteiger partial charge on any atom is 0.164 e. The van der Waals surface area contributed by atoms with Crippen molar-refractivity contribution in [3.63, 3.8) is 0 Å². The molecule has 0 saturated carbocycles. The van der Waals surface area contributed by atoms with Gasteiger partial charge in [-0.1, -0.05) is 97.9 Å². The number of fused-ring (bicyclic) bond motifs is 6. The summed E-state index contributed by atoms with van der Waals surface area (Å²) in [6.07, 6.45) is 12.0. The smallest absolute Gasteiger partial charge is 0.164 e. The molecule has 0 saturated heterocycles. The zero-order valence-electron chi connectivity index (χ0n) is 28.4. The third-order valence-electron chi connectivity index (χ3n) is 10.6. The van der Waals surface area contributed by atoms with Crippen molar-refractivity contribution in [3.8, 4) is 45.0 Å². The average molecular weight is 662 g/mol. The van der Waals surface area contributed by atoms with Crippen LogP contribution in [0.15, 0.2) is 130 Å². The second-order valence-corrected chi connectivity index (χ2v) is 13.8. The van der Waals surface area contributed by atoms with Crippen LogP contribution in [-0.4, -0.2) is 15.0 Å². The maximum absolute atomic E-state index is 6.56. The molecular weight excluding hydrogens is 627 g/mol. The number of benzene rings is 5. The summed E-state index contributed by atoms with van der Waals surface area (Å²) in [4.78, 5) is 15.4. The Kier molecular flexibility index (Phi) is 7.05. The van der Waals surface area contributed by atoms with Gasteiger partial charge >= 0.3 is 0 Å². The zero-order valence-corrected chi connectivity index (χ0v) is 28.4. The van der Waals surface area contributed by atoms with Crippen molar-refractivity contribution in [3.05, 3.63) is 138 Å². The summed E-state index contributed by atoms with van der Waals surface area (Å²) in [5, 5.41) is 3.24. The Morgan fingerprint density at radius 1 is 0.588 bits per heavy atom. The van der Waals surface area contributed by atoms with Crippen molar-refractivity contribution in [2.75, 3.05) is 0 Å². The number of nitrogens with zero attached hydrogens (tertiary/aromatic N) is 3. The molecule has 0 fully saturated rings. The number of hydrogen-bond donors (Lipinski definition) is 0. The number of furan rings is 2. The van der Waals surface area contributed by atoms with Gasteiger partial charge in [0.1, 0.15) is 22.5 Å². The highest BCUT2D eigenvalue weighted by molar-refractivity contribution is 6.12. The fraction of sp³-hybridized carbons (Fsp3) is 0.152. The molecule has 5 nitrogen and oxygen atoms in total. The number of allylic oxidation sites excluding steroid dienone is 3. The lowest BCUT2D eigenvalue weighted by Crippen LogP contribution is -2.10. The van der Waals surface area contributed by atoms with Crippen molar-refractivity contribution in [1.82, 2.24) is 15.0 Å². The molecule has 0 bridgehead atoms.